The van der Waals surface area contributed by atoms with Gasteiger partial charge in [-0.15, -0.1) is 11.8 Å². The van der Waals surface area contributed by atoms with Crippen molar-refractivity contribution < 1.29 is 24.0 Å². The van der Waals surface area contributed by atoms with Gasteiger partial charge in [-0.2, -0.15) is 0 Å². The highest BCUT2D eigenvalue weighted by Gasteiger charge is 2.24. The minimum absolute atomic E-state index is 0.129. The molecule has 0 aliphatic heterocycles. The van der Waals surface area contributed by atoms with Gasteiger partial charge in [0.25, 0.3) is 5.69 Å². The summed E-state index contributed by atoms with van der Waals surface area (Å²) in [5, 5.41) is 12.9. The third kappa shape index (κ3) is 6.92. The van der Waals surface area contributed by atoms with Gasteiger partial charge in [0, 0.05) is 28.1 Å². The molecule has 0 heterocycles. The van der Waals surface area contributed by atoms with Crippen molar-refractivity contribution in [2.75, 3.05) is 11.9 Å². The summed E-state index contributed by atoms with van der Waals surface area (Å²) in [6.07, 6.45) is 0. The third-order valence-corrected chi connectivity index (χ3v) is 5.45. The lowest BCUT2D eigenvalue weighted by atomic mass is 9.91. The summed E-state index contributed by atoms with van der Waals surface area (Å²) in [5.74, 6) is -1.22. The van der Waals surface area contributed by atoms with Crippen molar-refractivity contribution in [3.8, 4) is 0 Å². The van der Waals surface area contributed by atoms with E-state index in [1.165, 1.54) is 18.2 Å². The number of benzene rings is 2. The zero-order valence-corrected chi connectivity index (χ0v) is 18.5. The van der Waals surface area contributed by atoms with Crippen LogP contribution in [0.1, 0.15) is 38.1 Å². The van der Waals surface area contributed by atoms with Crippen LogP contribution in [0.3, 0.4) is 0 Å². The average Bonchev–Trinajstić information content (AvgIpc) is 2.71. The molecule has 0 saturated carbocycles. The number of Topliss-reactive ketones (excluding diaryl/α,β-unsaturated/α-hetero) is 1. The third-order valence-electron chi connectivity index (χ3n) is 4.28. The Bertz CT molecular complexity index is 999. The fourth-order valence-corrected chi connectivity index (χ4v) is 3.33. The standard InChI is InChI=1S/C22H24N2O6S/c1-14(20(26)23-15-8-7-9-16(12-15)24(28)29)31-18-11-6-5-10-17(18)21(27)30-13-19(25)22(2,3)4/h5-12,14H,13H2,1-4H3,(H,23,26). The molecule has 0 bridgehead atoms. The van der Waals surface area contributed by atoms with E-state index in [0.717, 1.165) is 11.8 Å². The highest BCUT2D eigenvalue weighted by Crippen LogP contribution is 2.29. The first-order valence-corrected chi connectivity index (χ1v) is 10.4. The molecule has 0 aliphatic carbocycles. The van der Waals surface area contributed by atoms with Crippen molar-refractivity contribution in [3.63, 3.8) is 0 Å². The van der Waals surface area contributed by atoms with Crippen molar-refractivity contribution in [1.82, 2.24) is 0 Å². The van der Waals surface area contributed by atoms with Crippen molar-refractivity contribution >= 4 is 40.8 Å². The number of nitrogens with zero attached hydrogens (tertiary/aromatic N) is 1. The number of ether oxygens (including phenoxy) is 1. The average molecular weight is 445 g/mol. The number of amides is 1. The number of carbonyl (C=O) groups is 3. The number of rotatable bonds is 8. The number of hydrogen-bond donors (Lipinski definition) is 1. The molecule has 0 spiro atoms. The number of anilines is 1. The zero-order valence-electron chi connectivity index (χ0n) is 17.7. The van der Waals surface area contributed by atoms with Crippen molar-refractivity contribution in [2.24, 2.45) is 5.41 Å². The molecule has 0 fully saturated rings. The molecule has 2 aromatic rings. The van der Waals surface area contributed by atoms with E-state index in [2.05, 4.69) is 5.32 Å². The number of thioether (sulfide) groups is 1. The fourth-order valence-electron chi connectivity index (χ4n) is 2.35. The van der Waals surface area contributed by atoms with E-state index in [1.54, 1.807) is 58.0 Å². The van der Waals surface area contributed by atoms with Crippen molar-refractivity contribution in [3.05, 3.63) is 64.2 Å². The predicted octanol–water partition coefficient (Wildman–Crippen LogP) is 4.49. The van der Waals surface area contributed by atoms with E-state index in [9.17, 15) is 24.5 Å². The maximum atomic E-state index is 12.5. The molecule has 0 saturated heterocycles. The second-order valence-corrected chi connectivity index (χ2v) is 9.18. The Labute approximate surface area is 184 Å². The first-order chi connectivity index (χ1) is 14.5. The molecule has 1 N–H and O–H groups in total. The number of nitrogens with one attached hydrogen (secondary N) is 1. The molecule has 9 heteroatoms. The molecule has 1 amide bonds. The summed E-state index contributed by atoms with van der Waals surface area (Å²) in [4.78, 5) is 47.9. The summed E-state index contributed by atoms with van der Waals surface area (Å²) in [5.41, 5.74) is -0.187. The Morgan fingerprint density at radius 1 is 1.13 bits per heavy atom. The van der Waals surface area contributed by atoms with Crippen molar-refractivity contribution in [1.29, 1.82) is 0 Å². The van der Waals surface area contributed by atoms with E-state index >= 15 is 0 Å². The van der Waals surface area contributed by atoms with Crippen LogP contribution in [0.2, 0.25) is 0 Å². The molecule has 31 heavy (non-hydrogen) atoms. The summed E-state index contributed by atoms with van der Waals surface area (Å²) < 4.78 is 5.16. The molecule has 0 aliphatic rings. The number of carbonyl (C=O) groups excluding carboxylic acids is 3. The first-order valence-electron chi connectivity index (χ1n) is 9.50. The van der Waals surface area contributed by atoms with Crippen molar-refractivity contribution in [2.45, 2.75) is 37.8 Å². The Morgan fingerprint density at radius 2 is 1.81 bits per heavy atom. The predicted molar refractivity (Wildman–Crippen MR) is 118 cm³/mol. The molecule has 0 aromatic heterocycles. The van der Waals surface area contributed by atoms with Gasteiger partial charge in [-0.1, -0.05) is 39.0 Å². The van der Waals surface area contributed by atoms with Crippen LogP contribution in [-0.4, -0.2) is 34.4 Å². The van der Waals surface area contributed by atoms with Gasteiger partial charge in [0.2, 0.25) is 5.91 Å². The molecule has 2 aromatic carbocycles. The highest BCUT2D eigenvalue weighted by molar-refractivity contribution is 8.00. The number of non-ortho nitro benzene ring substituents is 1. The molecular weight excluding hydrogens is 420 g/mol. The van der Waals surface area contributed by atoms with E-state index in [0.29, 0.717) is 10.6 Å². The number of ketones is 1. The Hall–Kier alpha value is -3.20. The summed E-state index contributed by atoms with van der Waals surface area (Å²) in [6.45, 7) is 6.56. The van der Waals surface area contributed by atoms with Gasteiger partial charge < -0.3 is 10.1 Å². The van der Waals surface area contributed by atoms with E-state index < -0.39 is 21.6 Å². The molecule has 1 atom stereocenters. The lowest BCUT2D eigenvalue weighted by Gasteiger charge is -2.17. The van der Waals surface area contributed by atoms with Crippen LogP contribution in [-0.2, 0) is 14.3 Å². The van der Waals surface area contributed by atoms with Gasteiger partial charge in [-0.05, 0) is 25.1 Å². The highest BCUT2D eigenvalue weighted by atomic mass is 32.2. The molecule has 8 nitrogen and oxygen atoms in total. The maximum absolute atomic E-state index is 12.5. The SMILES string of the molecule is CC(Sc1ccccc1C(=O)OCC(=O)C(C)(C)C)C(=O)Nc1cccc([N+](=O)[O-])c1. The maximum Gasteiger partial charge on any atom is 0.339 e. The van der Waals surface area contributed by atoms with Crippen LogP contribution in [0, 0.1) is 15.5 Å². The molecular formula is C22H24N2O6S. The monoisotopic (exact) mass is 444 g/mol. The van der Waals surface area contributed by atoms with Crippen LogP contribution in [0.15, 0.2) is 53.4 Å². The van der Waals surface area contributed by atoms with Gasteiger partial charge in [0.15, 0.2) is 12.4 Å². The Kier molecular flexibility index (Phi) is 7.93. The molecule has 164 valence electrons. The first kappa shape index (κ1) is 24.1. The largest absolute Gasteiger partial charge is 0.454 e. The minimum atomic E-state index is -0.646. The summed E-state index contributed by atoms with van der Waals surface area (Å²) in [7, 11) is 0. The molecule has 0 radical (unpaired) electrons. The number of esters is 1. The van der Waals surface area contributed by atoms with Crippen LogP contribution in [0.5, 0.6) is 0 Å². The smallest absolute Gasteiger partial charge is 0.339 e. The lowest BCUT2D eigenvalue weighted by molar-refractivity contribution is -0.384. The van der Waals surface area contributed by atoms with Gasteiger partial charge >= 0.3 is 5.97 Å². The lowest BCUT2D eigenvalue weighted by Crippen LogP contribution is -2.26. The van der Waals surface area contributed by atoms with Gasteiger partial charge in [0.05, 0.1) is 15.7 Å². The molecule has 2 rings (SSSR count). The number of nitro benzene ring substituents is 1. The van der Waals surface area contributed by atoms with Gasteiger partial charge in [-0.25, -0.2) is 4.79 Å². The fraction of sp³-hybridized carbons (Fsp3) is 0.318. The second kappa shape index (κ2) is 10.2. The summed E-state index contributed by atoms with van der Waals surface area (Å²) >= 11 is 1.14. The van der Waals surface area contributed by atoms with Crippen LogP contribution >= 0.6 is 11.8 Å². The van der Waals surface area contributed by atoms with Gasteiger partial charge in [0.1, 0.15) is 0 Å². The van der Waals surface area contributed by atoms with Gasteiger partial charge in [-0.3, -0.25) is 19.7 Å². The molecule has 1 unspecified atom stereocenters. The van der Waals surface area contributed by atoms with Crippen LogP contribution in [0.25, 0.3) is 0 Å². The van der Waals surface area contributed by atoms with Crippen LogP contribution < -0.4 is 5.32 Å². The number of nitro groups is 1. The van der Waals surface area contributed by atoms with E-state index in [1.807, 2.05) is 0 Å². The Balaban J connectivity index is 2.06. The normalized spacial score (nSPS) is 12.0. The van der Waals surface area contributed by atoms with Crippen LogP contribution in [0.4, 0.5) is 11.4 Å². The number of hydrogen-bond acceptors (Lipinski definition) is 7. The zero-order chi connectivity index (χ0) is 23.2. The van der Waals surface area contributed by atoms with E-state index in [4.69, 9.17) is 4.74 Å². The quantitative estimate of drug-likeness (QED) is 0.276. The Morgan fingerprint density at radius 3 is 2.45 bits per heavy atom. The second-order valence-electron chi connectivity index (χ2n) is 7.80. The minimum Gasteiger partial charge on any atom is -0.454 e. The van der Waals surface area contributed by atoms with E-state index in [-0.39, 0.29) is 29.5 Å². The topological polar surface area (TPSA) is 116 Å². The summed E-state index contributed by atoms with van der Waals surface area (Å²) in [6, 6.07) is 12.3.